The van der Waals surface area contributed by atoms with Crippen LogP contribution in [0.5, 0.6) is 0 Å². The number of amides is 3. The van der Waals surface area contributed by atoms with Gasteiger partial charge in [-0.25, -0.2) is 0 Å². The molecule has 8 nitrogen and oxygen atoms in total. The van der Waals surface area contributed by atoms with Crippen LogP contribution in [0.2, 0.25) is 0 Å². The van der Waals surface area contributed by atoms with Gasteiger partial charge >= 0.3 is 11.8 Å². The Kier molecular flexibility index (Phi) is 5.18. The molecular formula is C21H23N5O3. The second kappa shape index (κ2) is 7.92. The quantitative estimate of drug-likeness (QED) is 0.727. The third-order valence-electron chi connectivity index (χ3n) is 5.13. The van der Waals surface area contributed by atoms with E-state index in [0.717, 1.165) is 21.8 Å². The number of carbonyl (C=O) groups excluding carboxylic acids is 3. The van der Waals surface area contributed by atoms with Crippen LogP contribution in [0.4, 0.5) is 5.69 Å². The van der Waals surface area contributed by atoms with Crippen molar-refractivity contribution in [3.63, 3.8) is 0 Å². The maximum absolute atomic E-state index is 12.5. The molecule has 0 radical (unpaired) electrons. The highest BCUT2D eigenvalue weighted by Crippen LogP contribution is 2.24. The van der Waals surface area contributed by atoms with Crippen molar-refractivity contribution in [1.29, 1.82) is 0 Å². The van der Waals surface area contributed by atoms with Crippen molar-refractivity contribution >= 4 is 23.4 Å². The Morgan fingerprint density at radius 2 is 1.69 bits per heavy atom. The lowest BCUT2D eigenvalue weighted by molar-refractivity contribution is -0.163. The minimum atomic E-state index is -0.721. The van der Waals surface area contributed by atoms with E-state index in [-0.39, 0.29) is 12.5 Å². The summed E-state index contributed by atoms with van der Waals surface area (Å²) in [6.45, 7) is 3.18. The summed E-state index contributed by atoms with van der Waals surface area (Å²) in [6, 6.07) is 17.5. The highest BCUT2D eigenvalue weighted by Gasteiger charge is 2.45. The first-order valence-electron chi connectivity index (χ1n) is 9.55. The van der Waals surface area contributed by atoms with Gasteiger partial charge in [-0.3, -0.25) is 24.3 Å². The van der Waals surface area contributed by atoms with Crippen LogP contribution in [0.25, 0.3) is 0 Å². The number of hydrazine groups is 1. The summed E-state index contributed by atoms with van der Waals surface area (Å²) in [4.78, 5) is 40.8. The van der Waals surface area contributed by atoms with E-state index in [1.165, 1.54) is 4.90 Å². The molecule has 29 heavy (non-hydrogen) atoms. The number of nitrogens with zero attached hydrogens (tertiary/aromatic N) is 3. The molecule has 0 bridgehead atoms. The molecule has 4 rings (SSSR count). The molecule has 2 N–H and O–H groups in total. The molecule has 2 aromatic carbocycles. The first-order valence-corrected chi connectivity index (χ1v) is 9.55. The second-order valence-electron chi connectivity index (χ2n) is 7.18. The largest absolute Gasteiger partial charge is 0.350 e. The molecule has 2 saturated heterocycles. The Hall–Kier alpha value is -3.39. The highest BCUT2D eigenvalue weighted by molar-refractivity contribution is 6.35. The molecule has 1 atom stereocenters. The fourth-order valence-electron chi connectivity index (χ4n) is 3.53. The average Bonchev–Trinajstić information content (AvgIpc) is 3.16. The molecule has 2 fully saturated rings. The van der Waals surface area contributed by atoms with E-state index < -0.39 is 18.1 Å². The first kappa shape index (κ1) is 18.9. The second-order valence-corrected chi connectivity index (χ2v) is 7.18. The zero-order valence-corrected chi connectivity index (χ0v) is 16.2. The van der Waals surface area contributed by atoms with Gasteiger partial charge in [0.2, 0.25) is 5.91 Å². The Morgan fingerprint density at radius 1 is 1.00 bits per heavy atom. The minimum absolute atomic E-state index is 0.233. The fourth-order valence-corrected chi connectivity index (χ4v) is 3.53. The summed E-state index contributed by atoms with van der Waals surface area (Å²) in [5.74, 6) is -1.66. The summed E-state index contributed by atoms with van der Waals surface area (Å²) in [5, 5.41) is 3.90. The van der Waals surface area contributed by atoms with Gasteiger partial charge in [0.25, 0.3) is 0 Å². The lowest BCUT2D eigenvalue weighted by Crippen LogP contribution is -2.68. The Bertz CT molecular complexity index is 916. The number of hydrogen-bond donors (Lipinski definition) is 2. The van der Waals surface area contributed by atoms with Crippen LogP contribution in [0.1, 0.15) is 11.1 Å². The van der Waals surface area contributed by atoms with Crippen LogP contribution in [-0.4, -0.2) is 53.6 Å². The van der Waals surface area contributed by atoms with Gasteiger partial charge in [-0.15, -0.1) is 0 Å². The molecule has 0 spiro atoms. The molecule has 3 amide bonds. The standard InChI is InChI=1S/C21H23N5O3/c1-15-7-9-16(10-8-15)13-22-18(27)14-26-20(29)19(28)25-12-11-24(21(25)23-26)17-5-3-2-4-6-17/h2-10,21,23H,11-14H2,1H3,(H,22,27). The normalized spacial score (nSPS) is 18.8. The van der Waals surface area contributed by atoms with Crippen molar-refractivity contribution in [1.82, 2.24) is 20.7 Å². The summed E-state index contributed by atoms with van der Waals surface area (Å²) in [5.41, 5.74) is 6.09. The summed E-state index contributed by atoms with van der Waals surface area (Å²) >= 11 is 0. The average molecular weight is 393 g/mol. The van der Waals surface area contributed by atoms with Gasteiger partial charge in [0.15, 0.2) is 6.29 Å². The maximum atomic E-state index is 12.5. The van der Waals surface area contributed by atoms with Crippen LogP contribution in [0.3, 0.4) is 0 Å². The van der Waals surface area contributed by atoms with Crippen molar-refractivity contribution in [3.05, 3.63) is 65.7 Å². The number of rotatable bonds is 5. The molecule has 8 heteroatoms. The van der Waals surface area contributed by atoms with Crippen molar-refractivity contribution in [2.75, 3.05) is 24.5 Å². The van der Waals surface area contributed by atoms with Gasteiger partial charge in [-0.05, 0) is 24.6 Å². The van der Waals surface area contributed by atoms with Crippen LogP contribution in [0, 0.1) is 6.92 Å². The molecule has 0 saturated carbocycles. The Balaban J connectivity index is 1.41. The van der Waals surface area contributed by atoms with Crippen LogP contribution >= 0.6 is 0 Å². The van der Waals surface area contributed by atoms with Crippen LogP contribution in [-0.2, 0) is 20.9 Å². The number of aryl methyl sites for hydroxylation is 1. The van der Waals surface area contributed by atoms with Gasteiger partial charge in [-0.1, -0.05) is 48.0 Å². The molecule has 2 heterocycles. The molecule has 0 aliphatic carbocycles. The smallest absolute Gasteiger partial charge is 0.326 e. The molecule has 0 aromatic heterocycles. The molecule has 150 valence electrons. The molecule has 2 aromatic rings. The number of hydrogen-bond acceptors (Lipinski definition) is 5. The minimum Gasteiger partial charge on any atom is -0.350 e. The van der Waals surface area contributed by atoms with Crippen molar-refractivity contribution < 1.29 is 14.4 Å². The highest BCUT2D eigenvalue weighted by atomic mass is 16.2. The first-order chi connectivity index (χ1) is 14.0. The van der Waals surface area contributed by atoms with Gasteiger partial charge < -0.3 is 10.2 Å². The molecular weight excluding hydrogens is 370 g/mol. The number of carbonyl (C=O) groups is 3. The van der Waals surface area contributed by atoms with E-state index in [1.807, 2.05) is 66.4 Å². The van der Waals surface area contributed by atoms with Gasteiger partial charge in [0.1, 0.15) is 6.54 Å². The summed E-state index contributed by atoms with van der Waals surface area (Å²) in [6.07, 6.45) is -0.493. The number of anilines is 1. The lowest BCUT2D eigenvalue weighted by Gasteiger charge is -2.40. The third kappa shape index (κ3) is 3.93. The van der Waals surface area contributed by atoms with Crippen molar-refractivity contribution in [2.24, 2.45) is 0 Å². The van der Waals surface area contributed by atoms with E-state index in [4.69, 9.17) is 0 Å². The molecule has 2 aliphatic heterocycles. The summed E-state index contributed by atoms with van der Waals surface area (Å²) < 4.78 is 0. The predicted molar refractivity (Wildman–Crippen MR) is 107 cm³/mol. The number of para-hydroxylation sites is 1. The summed E-state index contributed by atoms with van der Waals surface area (Å²) in [7, 11) is 0. The maximum Gasteiger partial charge on any atom is 0.326 e. The van der Waals surface area contributed by atoms with Crippen molar-refractivity contribution in [2.45, 2.75) is 19.8 Å². The van der Waals surface area contributed by atoms with Crippen molar-refractivity contribution in [3.8, 4) is 0 Å². The number of benzene rings is 2. The third-order valence-corrected chi connectivity index (χ3v) is 5.13. The van der Waals surface area contributed by atoms with E-state index >= 15 is 0 Å². The SMILES string of the molecule is Cc1ccc(CNC(=O)CN2NC3N(CCN3c3ccccc3)C(=O)C2=O)cc1. The number of nitrogens with one attached hydrogen (secondary N) is 2. The fraction of sp³-hybridized carbons (Fsp3) is 0.286. The zero-order valence-electron chi connectivity index (χ0n) is 16.2. The number of fused-ring (bicyclic) bond motifs is 1. The predicted octanol–water partition coefficient (Wildman–Crippen LogP) is 0.590. The van der Waals surface area contributed by atoms with E-state index in [9.17, 15) is 14.4 Å². The van der Waals surface area contributed by atoms with Gasteiger partial charge in [0.05, 0.1) is 0 Å². The Morgan fingerprint density at radius 3 is 2.41 bits per heavy atom. The Labute approximate surface area is 169 Å². The van der Waals surface area contributed by atoms with E-state index in [0.29, 0.717) is 19.6 Å². The molecule has 1 unspecified atom stereocenters. The van der Waals surface area contributed by atoms with Gasteiger partial charge in [0, 0.05) is 25.3 Å². The van der Waals surface area contributed by atoms with Gasteiger partial charge in [-0.2, -0.15) is 5.43 Å². The van der Waals surface area contributed by atoms with E-state index in [1.54, 1.807) is 0 Å². The zero-order chi connectivity index (χ0) is 20.4. The van der Waals surface area contributed by atoms with E-state index in [2.05, 4.69) is 10.7 Å². The van der Waals surface area contributed by atoms with Crippen LogP contribution < -0.4 is 15.6 Å². The lowest BCUT2D eigenvalue weighted by atomic mass is 10.1. The molecule has 2 aliphatic rings. The monoisotopic (exact) mass is 393 g/mol. The topological polar surface area (TPSA) is 85.0 Å². The van der Waals surface area contributed by atoms with Crippen LogP contribution in [0.15, 0.2) is 54.6 Å².